The smallest absolute Gasteiger partial charge is 1.00 e. The maximum absolute atomic E-state index is 5.31. The molecular weight excluding hydrogens is 817 g/mol. The Morgan fingerprint density at radius 2 is 0.560 bits per heavy atom. The van der Waals surface area contributed by atoms with Crippen LogP contribution in [0.5, 0.6) is 0 Å². The quantitative estimate of drug-likeness (QED) is 0.172. The fourth-order valence-electron chi connectivity index (χ4n) is 6.69. The summed E-state index contributed by atoms with van der Waals surface area (Å²) in [6, 6.07) is 50.0. The zero-order chi connectivity index (χ0) is 31.9. The van der Waals surface area contributed by atoms with Crippen LogP contribution in [0.4, 0.5) is 0 Å². The summed E-state index contributed by atoms with van der Waals surface area (Å²) in [5.74, 6) is 0. The molecule has 0 aliphatic carbocycles. The fourth-order valence-corrected chi connectivity index (χ4v) is 6.69. The fraction of sp³-hybridized carbons (Fsp3) is 0. The summed E-state index contributed by atoms with van der Waals surface area (Å²) in [6.45, 7) is 0. The largest absolute Gasteiger partial charge is 3.00 e. The van der Waals surface area contributed by atoms with Gasteiger partial charge in [0.15, 0.2) is 0 Å². The third-order valence-electron chi connectivity index (χ3n) is 8.86. The van der Waals surface area contributed by atoms with Crippen LogP contribution in [0.15, 0.2) is 146 Å². The van der Waals surface area contributed by atoms with Crippen molar-refractivity contribution >= 4 is 46.4 Å². The molecule has 5 heterocycles. The monoisotopic (exact) mass is 844 g/mol. The third kappa shape index (κ3) is 6.00. The summed E-state index contributed by atoms with van der Waals surface area (Å²) < 4.78 is 0. The first kappa shape index (κ1) is 33.0. The van der Waals surface area contributed by atoms with Crippen molar-refractivity contribution in [3.8, 4) is 44.5 Å². The maximum Gasteiger partial charge on any atom is 3.00 e. The molecule has 0 saturated heterocycles. The SMILES string of the molecule is C1=Cc2nc1c(-c1ccccc1)c1nc(c(-c3ccccc3)c3ccc([n-]3)c(-c3ccccc3)c3ccc([n-]3)c2-c2ccccc2)C=C1.[Au+3].[Cl-]. The van der Waals surface area contributed by atoms with E-state index in [9.17, 15) is 0 Å². The number of benzene rings is 4. The average Bonchev–Trinajstić information content (AvgIpc) is 3.98. The van der Waals surface area contributed by atoms with Crippen molar-refractivity contribution in [3.63, 3.8) is 0 Å². The van der Waals surface area contributed by atoms with E-state index in [0.717, 1.165) is 89.4 Å². The maximum atomic E-state index is 5.31. The standard InChI is InChI=1S/C44H28N4.Au.ClH/c1-5-13-29(14-6-1)41-33-21-23-35(45-33)42(30-15-7-2-8-16-30)37-25-27-39(47-37)44(32-19-11-4-12-20-32)40-28-26-38(48-40)43(31-17-9-3-10-18-31)36-24-22-34(41)46-36;;/h1-28H;;1H/q-2;+3;/p-1. The van der Waals surface area contributed by atoms with Gasteiger partial charge in [-0.25, -0.2) is 9.97 Å². The minimum absolute atomic E-state index is 0. The van der Waals surface area contributed by atoms with E-state index in [1.54, 1.807) is 0 Å². The molecule has 0 saturated carbocycles. The number of fused-ring (bicyclic) bond motifs is 8. The van der Waals surface area contributed by atoms with Crippen molar-refractivity contribution in [1.29, 1.82) is 0 Å². The predicted octanol–water partition coefficient (Wildman–Crippen LogP) is 7.58. The second kappa shape index (κ2) is 14.2. The number of rotatable bonds is 4. The van der Waals surface area contributed by atoms with Crippen molar-refractivity contribution in [2.75, 3.05) is 0 Å². The van der Waals surface area contributed by atoms with Crippen LogP contribution in [0, 0.1) is 0 Å². The van der Waals surface area contributed by atoms with Crippen molar-refractivity contribution in [1.82, 2.24) is 19.9 Å². The summed E-state index contributed by atoms with van der Waals surface area (Å²) in [7, 11) is 0. The molecule has 242 valence electrons. The average molecular weight is 845 g/mol. The van der Waals surface area contributed by atoms with Crippen LogP contribution < -0.4 is 22.4 Å². The number of nitrogens with zero attached hydrogens (tertiary/aromatic N) is 4. The van der Waals surface area contributed by atoms with Crippen LogP contribution in [0.25, 0.3) is 90.9 Å². The van der Waals surface area contributed by atoms with Gasteiger partial charge in [0.25, 0.3) is 0 Å². The molecule has 3 aromatic heterocycles. The number of hydrogen-bond donors (Lipinski definition) is 0. The summed E-state index contributed by atoms with van der Waals surface area (Å²) in [4.78, 5) is 21.2. The van der Waals surface area contributed by atoms with Crippen LogP contribution in [-0.2, 0) is 22.4 Å². The predicted molar refractivity (Wildman–Crippen MR) is 199 cm³/mol. The molecule has 50 heavy (non-hydrogen) atoms. The molecule has 6 heteroatoms. The molecule has 0 unspecified atom stereocenters. The van der Waals surface area contributed by atoms with Gasteiger partial charge in [0.05, 0.1) is 22.8 Å². The Kier molecular flexibility index (Phi) is 9.36. The van der Waals surface area contributed by atoms with Gasteiger partial charge >= 0.3 is 22.4 Å². The molecule has 0 spiro atoms. The van der Waals surface area contributed by atoms with E-state index in [4.69, 9.17) is 19.9 Å². The number of aromatic nitrogens is 4. The van der Waals surface area contributed by atoms with E-state index in [-0.39, 0.29) is 34.8 Å². The second-order valence-electron chi connectivity index (χ2n) is 11.8. The van der Waals surface area contributed by atoms with Crippen LogP contribution in [-0.4, -0.2) is 9.97 Å². The molecule has 0 fully saturated rings. The second-order valence-corrected chi connectivity index (χ2v) is 11.8. The van der Waals surface area contributed by atoms with E-state index in [1.165, 1.54) is 0 Å². The summed E-state index contributed by atoms with van der Waals surface area (Å²) in [6.07, 6.45) is 8.41. The van der Waals surface area contributed by atoms with E-state index in [2.05, 4.69) is 146 Å². The molecule has 4 aromatic carbocycles. The molecule has 0 amide bonds. The molecule has 4 nitrogen and oxygen atoms in total. The first-order chi connectivity index (χ1) is 23.8. The first-order valence-electron chi connectivity index (χ1n) is 16.1. The van der Waals surface area contributed by atoms with Gasteiger partial charge in [0.2, 0.25) is 0 Å². The Balaban J connectivity index is 0.00000196. The number of hydrogen-bond acceptors (Lipinski definition) is 2. The van der Waals surface area contributed by atoms with Crippen LogP contribution >= 0.6 is 0 Å². The van der Waals surface area contributed by atoms with Crippen LogP contribution in [0.3, 0.4) is 0 Å². The molecule has 0 radical (unpaired) electrons. The van der Waals surface area contributed by atoms with Gasteiger partial charge in [-0.15, -0.1) is 22.1 Å². The van der Waals surface area contributed by atoms with E-state index in [0.29, 0.717) is 0 Å². The van der Waals surface area contributed by atoms with Gasteiger partial charge in [-0.2, -0.15) is 0 Å². The first-order valence-corrected chi connectivity index (χ1v) is 16.1. The molecule has 2 aliphatic rings. The van der Waals surface area contributed by atoms with Gasteiger partial charge in [-0.05, 0) is 63.2 Å². The van der Waals surface area contributed by atoms with E-state index < -0.39 is 0 Å². The summed E-state index contributed by atoms with van der Waals surface area (Å²) in [5, 5.41) is 0. The molecule has 0 atom stereocenters. The van der Waals surface area contributed by atoms with E-state index >= 15 is 0 Å². The summed E-state index contributed by atoms with van der Waals surface area (Å²) in [5.41, 5.74) is 15.0. The Labute approximate surface area is 312 Å². The Bertz CT molecular complexity index is 2400. The Morgan fingerprint density at radius 1 is 0.300 bits per heavy atom. The molecular formula is C44H28AuClN4. The van der Waals surface area contributed by atoms with Gasteiger partial charge < -0.3 is 22.4 Å². The zero-order valence-corrected chi connectivity index (χ0v) is 29.6. The normalized spacial score (nSPS) is 11.5. The third-order valence-corrected chi connectivity index (χ3v) is 8.86. The van der Waals surface area contributed by atoms with Crippen LogP contribution in [0.1, 0.15) is 22.8 Å². The van der Waals surface area contributed by atoms with Crippen molar-refractivity contribution in [3.05, 3.63) is 168 Å². The molecule has 7 aromatic rings. The topological polar surface area (TPSA) is 54.0 Å². The minimum atomic E-state index is 0. The van der Waals surface area contributed by atoms with Crippen molar-refractivity contribution < 1.29 is 34.8 Å². The molecule has 9 rings (SSSR count). The van der Waals surface area contributed by atoms with Gasteiger partial charge in [-0.3, -0.25) is 0 Å². The van der Waals surface area contributed by atoms with Crippen LogP contribution in [0.2, 0.25) is 0 Å². The molecule has 2 aliphatic heterocycles. The Hall–Kier alpha value is -5.49. The van der Waals surface area contributed by atoms with Gasteiger partial charge in [-0.1, -0.05) is 146 Å². The minimum Gasteiger partial charge on any atom is -1.00 e. The van der Waals surface area contributed by atoms with E-state index in [1.807, 2.05) is 24.3 Å². The molecule has 0 N–H and O–H groups in total. The summed E-state index contributed by atoms with van der Waals surface area (Å²) >= 11 is 0. The van der Waals surface area contributed by atoms with Crippen molar-refractivity contribution in [2.24, 2.45) is 0 Å². The van der Waals surface area contributed by atoms with Gasteiger partial charge in [0, 0.05) is 5.56 Å². The van der Waals surface area contributed by atoms with Gasteiger partial charge in [0.1, 0.15) is 0 Å². The van der Waals surface area contributed by atoms with Crippen molar-refractivity contribution in [2.45, 2.75) is 0 Å². The Morgan fingerprint density at radius 3 is 0.900 bits per heavy atom. The molecule has 8 bridgehead atoms. The number of halogens is 1. The zero-order valence-electron chi connectivity index (χ0n) is 26.6.